The summed E-state index contributed by atoms with van der Waals surface area (Å²) in [6, 6.07) is 18.8. The van der Waals surface area contributed by atoms with Crippen LogP contribution in [0.4, 0.5) is 4.39 Å². The van der Waals surface area contributed by atoms with E-state index in [9.17, 15) is 14.0 Å². The van der Waals surface area contributed by atoms with Crippen LogP contribution in [-0.4, -0.2) is 21.8 Å². The molecular weight excluding hydrogens is 415 g/mol. The summed E-state index contributed by atoms with van der Waals surface area (Å²) in [6.07, 6.45) is 0. The quantitative estimate of drug-likeness (QED) is 0.321. The molecule has 1 heterocycles. The third kappa shape index (κ3) is 4.92. The number of carbonyl (C=O) groups excluding carboxylic acids is 2. The van der Waals surface area contributed by atoms with E-state index in [0.29, 0.717) is 16.9 Å². The number of thioether (sulfide) groups is 1. The maximum Gasteiger partial charge on any atom is 0.270 e. The average Bonchev–Trinajstić information content (AvgIpc) is 3.21. The minimum absolute atomic E-state index is 0.165. The second-order valence-electron chi connectivity index (χ2n) is 6.91. The van der Waals surface area contributed by atoms with Gasteiger partial charge < -0.3 is 4.98 Å². The Labute approximate surface area is 182 Å². The second kappa shape index (κ2) is 9.01. The summed E-state index contributed by atoms with van der Waals surface area (Å²) < 4.78 is 13.4. The van der Waals surface area contributed by atoms with E-state index in [2.05, 4.69) is 20.8 Å². The van der Waals surface area contributed by atoms with Gasteiger partial charge in [0.1, 0.15) is 5.82 Å². The monoisotopic (exact) mass is 434 g/mol. The number of nitrogens with zero attached hydrogens (tertiary/aromatic N) is 1. The van der Waals surface area contributed by atoms with Gasteiger partial charge in [0.05, 0.1) is 11.0 Å². The number of hydrogen-bond donors (Lipinski definition) is 3. The van der Waals surface area contributed by atoms with Crippen LogP contribution in [0.5, 0.6) is 0 Å². The molecule has 0 atom stereocenters. The van der Waals surface area contributed by atoms with E-state index in [1.807, 2.05) is 36.4 Å². The molecule has 4 aromatic rings. The zero-order valence-corrected chi connectivity index (χ0v) is 17.4. The highest BCUT2D eigenvalue weighted by Gasteiger charge is 2.12. The van der Waals surface area contributed by atoms with Crippen LogP contribution in [0.2, 0.25) is 0 Å². The SMILES string of the molecule is Cc1ccc(F)cc1C(=O)NNC(=O)c1ccc(CSc2nc3ccccc3[nH]2)cc1. The topological polar surface area (TPSA) is 86.9 Å². The van der Waals surface area contributed by atoms with Crippen LogP contribution >= 0.6 is 11.8 Å². The third-order valence-electron chi connectivity index (χ3n) is 4.69. The molecule has 3 N–H and O–H groups in total. The summed E-state index contributed by atoms with van der Waals surface area (Å²) >= 11 is 1.57. The minimum atomic E-state index is -0.579. The van der Waals surface area contributed by atoms with Crippen LogP contribution < -0.4 is 10.9 Å². The second-order valence-corrected chi connectivity index (χ2v) is 7.88. The predicted molar refractivity (Wildman–Crippen MR) is 118 cm³/mol. The van der Waals surface area contributed by atoms with Crippen molar-refractivity contribution in [2.45, 2.75) is 17.8 Å². The number of H-pyrrole nitrogens is 1. The molecule has 3 aromatic carbocycles. The third-order valence-corrected chi connectivity index (χ3v) is 5.64. The standard InChI is InChI=1S/C23H19FN4O2S/c1-14-6-11-17(24)12-18(14)22(30)28-27-21(29)16-9-7-15(8-10-16)13-31-23-25-19-4-2-3-5-20(19)26-23/h2-12H,13H2,1H3,(H,25,26)(H,27,29)(H,28,30). The summed E-state index contributed by atoms with van der Waals surface area (Å²) in [5.74, 6) is -0.863. The van der Waals surface area contributed by atoms with Gasteiger partial charge >= 0.3 is 0 Å². The first kappa shape index (κ1) is 20.6. The molecule has 0 saturated heterocycles. The number of aromatic amines is 1. The van der Waals surface area contributed by atoms with Crippen molar-refractivity contribution in [1.82, 2.24) is 20.8 Å². The van der Waals surface area contributed by atoms with Crippen LogP contribution in [0.15, 0.2) is 71.9 Å². The van der Waals surface area contributed by atoms with Crippen molar-refractivity contribution in [2.24, 2.45) is 0 Å². The van der Waals surface area contributed by atoms with E-state index < -0.39 is 17.6 Å². The molecule has 0 saturated carbocycles. The van der Waals surface area contributed by atoms with Gasteiger partial charge in [-0.1, -0.05) is 42.1 Å². The van der Waals surface area contributed by atoms with Crippen LogP contribution in [0, 0.1) is 12.7 Å². The number of rotatable bonds is 5. The van der Waals surface area contributed by atoms with Crippen molar-refractivity contribution < 1.29 is 14.0 Å². The fraction of sp³-hybridized carbons (Fsp3) is 0.0870. The van der Waals surface area contributed by atoms with E-state index in [0.717, 1.165) is 27.8 Å². The molecule has 0 aliphatic rings. The van der Waals surface area contributed by atoms with Gasteiger partial charge in [0.2, 0.25) is 0 Å². The van der Waals surface area contributed by atoms with Crippen molar-refractivity contribution in [2.75, 3.05) is 0 Å². The number of hydrazine groups is 1. The smallest absolute Gasteiger partial charge is 0.270 e. The van der Waals surface area contributed by atoms with Gasteiger partial charge in [-0.15, -0.1) is 0 Å². The molecule has 0 aliphatic heterocycles. The van der Waals surface area contributed by atoms with Crippen LogP contribution in [0.3, 0.4) is 0 Å². The fourth-order valence-corrected chi connectivity index (χ4v) is 3.83. The highest BCUT2D eigenvalue weighted by molar-refractivity contribution is 7.98. The molecule has 4 rings (SSSR count). The number of nitrogens with one attached hydrogen (secondary N) is 3. The maximum atomic E-state index is 13.4. The number of fused-ring (bicyclic) bond motifs is 1. The maximum absolute atomic E-state index is 13.4. The van der Waals surface area contributed by atoms with Crippen molar-refractivity contribution in [1.29, 1.82) is 0 Å². The Morgan fingerprint density at radius 2 is 1.74 bits per heavy atom. The van der Waals surface area contributed by atoms with Crippen molar-refractivity contribution in [3.05, 3.63) is 94.8 Å². The number of imidazole rings is 1. The van der Waals surface area contributed by atoms with E-state index in [1.165, 1.54) is 12.1 Å². The molecule has 0 unspecified atom stereocenters. The molecule has 6 nitrogen and oxygen atoms in total. The van der Waals surface area contributed by atoms with E-state index in [-0.39, 0.29) is 5.56 Å². The van der Waals surface area contributed by atoms with Crippen molar-refractivity contribution in [3.8, 4) is 0 Å². The van der Waals surface area contributed by atoms with E-state index in [4.69, 9.17) is 0 Å². The van der Waals surface area contributed by atoms with Crippen molar-refractivity contribution in [3.63, 3.8) is 0 Å². The Hall–Kier alpha value is -3.65. The molecule has 0 radical (unpaired) electrons. The number of hydrogen-bond acceptors (Lipinski definition) is 4. The molecule has 0 bridgehead atoms. The number of halogens is 1. The van der Waals surface area contributed by atoms with Crippen LogP contribution in [-0.2, 0) is 5.75 Å². The van der Waals surface area contributed by atoms with Gasteiger partial charge in [-0.2, -0.15) is 0 Å². The van der Waals surface area contributed by atoms with Crippen LogP contribution in [0.1, 0.15) is 31.8 Å². The first-order valence-corrected chi connectivity index (χ1v) is 10.5. The lowest BCUT2D eigenvalue weighted by Crippen LogP contribution is -2.41. The van der Waals surface area contributed by atoms with Gasteiger partial charge in [0, 0.05) is 16.9 Å². The highest BCUT2D eigenvalue weighted by atomic mass is 32.2. The largest absolute Gasteiger partial charge is 0.333 e. The molecule has 0 fully saturated rings. The van der Waals surface area contributed by atoms with Crippen molar-refractivity contribution >= 4 is 34.6 Å². The Morgan fingerprint density at radius 3 is 2.52 bits per heavy atom. The summed E-state index contributed by atoms with van der Waals surface area (Å²) in [6.45, 7) is 1.69. The van der Waals surface area contributed by atoms with Crippen LogP contribution in [0.25, 0.3) is 11.0 Å². The lowest BCUT2D eigenvalue weighted by Gasteiger charge is -2.09. The number of benzene rings is 3. The Kier molecular flexibility index (Phi) is 5.99. The lowest BCUT2D eigenvalue weighted by molar-refractivity contribution is 0.0846. The average molecular weight is 434 g/mol. The molecule has 0 spiro atoms. The number of para-hydroxylation sites is 2. The van der Waals surface area contributed by atoms with E-state index >= 15 is 0 Å². The van der Waals surface area contributed by atoms with Gasteiger partial charge in [0.25, 0.3) is 11.8 Å². The normalized spacial score (nSPS) is 10.8. The summed E-state index contributed by atoms with van der Waals surface area (Å²) in [5.41, 5.74) is 8.79. The van der Waals surface area contributed by atoms with Gasteiger partial charge in [-0.3, -0.25) is 20.4 Å². The lowest BCUT2D eigenvalue weighted by atomic mass is 10.1. The molecular formula is C23H19FN4O2S. The predicted octanol–water partition coefficient (Wildman–Crippen LogP) is 4.38. The summed E-state index contributed by atoms with van der Waals surface area (Å²) in [5, 5.41) is 0.832. The number of carbonyl (C=O) groups is 2. The fourth-order valence-electron chi connectivity index (χ4n) is 2.99. The molecule has 2 amide bonds. The highest BCUT2D eigenvalue weighted by Crippen LogP contribution is 2.23. The molecule has 31 heavy (non-hydrogen) atoms. The molecule has 8 heteroatoms. The number of amides is 2. The Balaban J connectivity index is 1.32. The minimum Gasteiger partial charge on any atom is -0.333 e. The Morgan fingerprint density at radius 1 is 1.00 bits per heavy atom. The first-order valence-electron chi connectivity index (χ1n) is 9.53. The van der Waals surface area contributed by atoms with Gasteiger partial charge in [-0.25, -0.2) is 9.37 Å². The Bertz CT molecular complexity index is 1220. The van der Waals surface area contributed by atoms with Gasteiger partial charge in [0.15, 0.2) is 5.16 Å². The number of aromatic nitrogens is 2. The van der Waals surface area contributed by atoms with Gasteiger partial charge in [-0.05, 0) is 54.4 Å². The molecule has 0 aliphatic carbocycles. The molecule has 1 aromatic heterocycles. The molecule has 156 valence electrons. The summed E-state index contributed by atoms with van der Waals surface area (Å²) in [7, 11) is 0. The van der Waals surface area contributed by atoms with E-state index in [1.54, 1.807) is 30.8 Å². The zero-order chi connectivity index (χ0) is 21.8. The summed E-state index contributed by atoms with van der Waals surface area (Å²) in [4.78, 5) is 32.3. The zero-order valence-electron chi connectivity index (χ0n) is 16.6. The number of aryl methyl sites for hydroxylation is 1. The first-order chi connectivity index (χ1) is 15.0.